The molecule has 5 heteroatoms. The molecule has 0 unspecified atom stereocenters. The second-order valence-corrected chi connectivity index (χ2v) is 3.85. The van der Waals surface area contributed by atoms with E-state index in [1.165, 1.54) is 0 Å². The van der Waals surface area contributed by atoms with Gasteiger partial charge in [-0.3, -0.25) is 4.79 Å². The molecule has 0 aliphatic rings. The average Bonchev–Trinajstić information content (AvgIpc) is 2.39. The summed E-state index contributed by atoms with van der Waals surface area (Å²) in [5, 5.41) is 7.56. The highest BCUT2D eigenvalue weighted by atomic mass is 16.2. The molecule has 0 aliphatic heterocycles. The molecule has 0 bridgehead atoms. The van der Waals surface area contributed by atoms with Crippen LogP contribution >= 0.6 is 0 Å². The second kappa shape index (κ2) is 3.96. The monoisotopic (exact) mass is 239 g/mol. The van der Waals surface area contributed by atoms with E-state index in [0.717, 1.165) is 21.5 Å². The van der Waals surface area contributed by atoms with Gasteiger partial charge in [0.15, 0.2) is 0 Å². The Balaban J connectivity index is 2.47. The quantitative estimate of drug-likeness (QED) is 0.690. The van der Waals surface area contributed by atoms with Crippen molar-refractivity contribution in [3.63, 3.8) is 0 Å². The SMILES string of the molecule is O=c1cn[nH]c(=O)n1-c1cccc2ccccc12. The third kappa shape index (κ3) is 1.53. The van der Waals surface area contributed by atoms with Crippen molar-refractivity contribution in [1.82, 2.24) is 14.8 Å². The molecule has 0 fully saturated rings. The molecule has 0 saturated carbocycles. The van der Waals surface area contributed by atoms with Crippen molar-refractivity contribution >= 4 is 10.8 Å². The molecule has 5 nitrogen and oxygen atoms in total. The normalized spacial score (nSPS) is 10.7. The van der Waals surface area contributed by atoms with E-state index in [0.29, 0.717) is 5.69 Å². The highest BCUT2D eigenvalue weighted by Crippen LogP contribution is 2.19. The molecule has 3 aromatic rings. The van der Waals surface area contributed by atoms with Crippen molar-refractivity contribution in [2.75, 3.05) is 0 Å². The van der Waals surface area contributed by atoms with Gasteiger partial charge >= 0.3 is 5.69 Å². The van der Waals surface area contributed by atoms with Crippen LogP contribution in [0.1, 0.15) is 0 Å². The highest BCUT2D eigenvalue weighted by Gasteiger charge is 2.07. The first-order chi connectivity index (χ1) is 8.77. The smallest absolute Gasteiger partial charge is 0.267 e. The molecule has 3 rings (SSSR count). The van der Waals surface area contributed by atoms with E-state index >= 15 is 0 Å². The van der Waals surface area contributed by atoms with Crippen LogP contribution in [0.2, 0.25) is 0 Å². The Morgan fingerprint density at radius 3 is 2.61 bits per heavy atom. The first-order valence-corrected chi connectivity index (χ1v) is 5.42. The Kier molecular flexibility index (Phi) is 2.30. The van der Waals surface area contributed by atoms with Crippen molar-refractivity contribution in [3.05, 3.63) is 69.5 Å². The van der Waals surface area contributed by atoms with E-state index < -0.39 is 11.2 Å². The average molecular weight is 239 g/mol. The van der Waals surface area contributed by atoms with Crippen LogP contribution in [0, 0.1) is 0 Å². The third-order valence-electron chi connectivity index (χ3n) is 2.77. The van der Waals surface area contributed by atoms with Gasteiger partial charge in [-0.2, -0.15) is 5.10 Å². The van der Waals surface area contributed by atoms with Gasteiger partial charge < -0.3 is 0 Å². The van der Waals surface area contributed by atoms with E-state index in [4.69, 9.17) is 0 Å². The van der Waals surface area contributed by atoms with Crippen LogP contribution in [-0.2, 0) is 0 Å². The predicted octanol–water partition coefficient (Wildman–Crippen LogP) is 1.07. The highest BCUT2D eigenvalue weighted by molar-refractivity contribution is 5.90. The molecule has 2 aromatic carbocycles. The Morgan fingerprint density at radius 2 is 1.78 bits per heavy atom. The van der Waals surface area contributed by atoms with Crippen molar-refractivity contribution < 1.29 is 0 Å². The summed E-state index contributed by atoms with van der Waals surface area (Å²) in [5.41, 5.74) is -0.435. The first kappa shape index (κ1) is 10.5. The number of H-pyrrole nitrogens is 1. The Bertz CT molecular complexity index is 800. The fraction of sp³-hybridized carbons (Fsp3) is 0. The Hall–Kier alpha value is -2.69. The zero-order chi connectivity index (χ0) is 12.5. The van der Waals surface area contributed by atoms with Gasteiger partial charge in [-0.15, -0.1) is 0 Å². The number of aromatic nitrogens is 3. The maximum Gasteiger partial charge on any atom is 0.349 e. The molecule has 18 heavy (non-hydrogen) atoms. The first-order valence-electron chi connectivity index (χ1n) is 5.42. The van der Waals surface area contributed by atoms with E-state index in [1.54, 1.807) is 6.07 Å². The maximum atomic E-state index is 11.8. The second-order valence-electron chi connectivity index (χ2n) is 3.85. The Labute approximate surface area is 101 Å². The van der Waals surface area contributed by atoms with Gasteiger partial charge in [0.1, 0.15) is 6.20 Å². The van der Waals surface area contributed by atoms with Crippen molar-refractivity contribution in [1.29, 1.82) is 0 Å². The third-order valence-corrected chi connectivity index (χ3v) is 2.77. The molecule has 0 radical (unpaired) electrons. The number of aromatic amines is 1. The molecule has 1 aromatic heterocycles. The van der Waals surface area contributed by atoms with Gasteiger partial charge in [-0.25, -0.2) is 14.5 Å². The predicted molar refractivity (Wildman–Crippen MR) is 68.0 cm³/mol. The van der Waals surface area contributed by atoms with Crippen molar-refractivity contribution in [2.24, 2.45) is 0 Å². The zero-order valence-electron chi connectivity index (χ0n) is 9.33. The van der Waals surface area contributed by atoms with Gasteiger partial charge in [0, 0.05) is 5.39 Å². The standard InChI is InChI=1S/C13H9N3O2/c17-12-8-14-15-13(18)16(12)11-7-3-5-9-4-1-2-6-10(9)11/h1-8H,(H,15,18). The molecule has 0 atom stereocenters. The molecule has 0 saturated heterocycles. The summed E-state index contributed by atoms with van der Waals surface area (Å²) in [5.74, 6) is 0. The lowest BCUT2D eigenvalue weighted by molar-refractivity contribution is 0.801. The van der Waals surface area contributed by atoms with Gasteiger partial charge in [-0.1, -0.05) is 36.4 Å². The lowest BCUT2D eigenvalue weighted by Gasteiger charge is -2.07. The molecule has 1 heterocycles. The van der Waals surface area contributed by atoms with E-state index in [2.05, 4.69) is 10.2 Å². The summed E-state index contributed by atoms with van der Waals surface area (Å²) in [6, 6.07) is 13.1. The number of hydrogen-bond donors (Lipinski definition) is 1. The van der Waals surface area contributed by atoms with E-state index in [1.807, 2.05) is 36.4 Å². The van der Waals surface area contributed by atoms with Gasteiger partial charge in [0.25, 0.3) is 5.56 Å². The number of benzene rings is 2. The maximum absolute atomic E-state index is 11.8. The number of nitrogens with one attached hydrogen (secondary N) is 1. The minimum Gasteiger partial charge on any atom is -0.267 e. The summed E-state index contributed by atoms with van der Waals surface area (Å²) in [6.45, 7) is 0. The lowest BCUT2D eigenvalue weighted by Crippen LogP contribution is -2.33. The van der Waals surface area contributed by atoms with Gasteiger partial charge in [0.05, 0.1) is 5.69 Å². The number of rotatable bonds is 1. The molecule has 0 aliphatic carbocycles. The van der Waals surface area contributed by atoms with Crippen LogP contribution in [0.15, 0.2) is 58.3 Å². The summed E-state index contributed by atoms with van der Waals surface area (Å²) < 4.78 is 1.08. The van der Waals surface area contributed by atoms with Crippen LogP contribution < -0.4 is 11.2 Å². The summed E-state index contributed by atoms with van der Waals surface area (Å²) in [6.07, 6.45) is 1.09. The summed E-state index contributed by atoms with van der Waals surface area (Å²) in [4.78, 5) is 23.5. The van der Waals surface area contributed by atoms with Crippen LogP contribution in [-0.4, -0.2) is 14.8 Å². The fourth-order valence-electron chi connectivity index (χ4n) is 1.98. The van der Waals surface area contributed by atoms with E-state index in [9.17, 15) is 9.59 Å². The molecular weight excluding hydrogens is 230 g/mol. The summed E-state index contributed by atoms with van der Waals surface area (Å²) >= 11 is 0. The molecule has 0 amide bonds. The zero-order valence-corrected chi connectivity index (χ0v) is 9.33. The summed E-state index contributed by atoms with van der Waals surface area (Å²) in [7, 11) is 0. The van der Waals surface area contributed by atoms with Gasteiger partial charge in [-0.05, 0) is 11.5 Å². The molecular formula is C13H9N3O2. The van der Waals surface area contributed by atoms with E-state index in [-0.39, 0.29) is 0 Å². The van der Waals surface area contributed by atoms with Gasteiger partial charge in [0.2, 0.25) is 0 Å². The Morgan fingerprint density at radius 1 is 1.00 bits per heavy atom. The fourth-order valence-corrected chi connectivity index (χ4v) is 1.98. The van der Waals surface area contributed by atoms with Crippen LogP contribution in [0.5, 0.6) is 0 Å². The van der Waals surface area contributed by atoms with Crippen LogP contribution in [0.3, 0.4) is 0 Å². The number of fused-ring (bicyclic) bond motifs is 1. The van der Waals surface area contributed by atoms with Crippen LogP contribution in [0.4, 0.5) is 0 Å². The number of nitrogens with zero attached hydrogens (tertiary/aromatic N) is 2. The van der Waals surface area contributed by atoms with Crippen molar-refractivity contribution in [3.8, 4) is 5.69 Å². The molecule has 88 valence electrons. The topological polar surface area (TPSA) is 67.8 Å². The van der Waals surface area contributed by atoms with Crippen molar-refractivity contribution in [2.45, 2.75) is 0 Å². The minimum atomic E-state index is -0.543. The number of hydrogen-bond acceptors (Lipinski definition) is 3. The largest absolute Gasteiger partial charge is 0.349 e. The minimum absolute atomic E-state index is 0.449. The van der Waals surface area contributed by atoms with Crippen LogP contribution in [0.25, 0.3) is 16.5 Å². The molecule has 0 spiro atoms. The lowest BCUT2D eigenvalue weighted by atomic mass is 10.1. The molecule has 1 N–H and O–H groups in total.